The molecule has 0 spiro atoms. The maximum atomic E-state index is 12.8. The smallest absolute Gasteiger partial charge is 0.306 e. The molecule has 1 atom stereocenters. The first-order valence-corrected chi connectivity index (χ1v) is 27.0. The molecular formula is C64H94O6. The number of ether oxygens (including phenoxy) is 3. The highest BCUT2D eigenvalue weighted by Gasteiger charge is 2.19. The molecule has 0 aromatic rings. The molecule has 0 aliphatic rings. The van der Waals surface area contributed by atoms with Crippen LogP contribution in [0.2, 0.25) is 0 Å². The van der Waals surface area contributed by atoms with Crippen LogP contribution in [0.25, 0.3) is 0 Å². The highest BCUT2D eigenvalue weighted by Crippen LogP contribution is 2.12. The third-order valence-electron chi connectivity index (χ3n) is 10.5. The minimum atomic E-state index is -0.839. The second-order valence-electron chi connectivity index (χ2n) is 17.0. The fraction of sp³-hybridized carbons (Fsp3) is 0.484. The van der Waals surface area contributed by atoms with Gasteiger partial charge in [-0.2, -0.15) is 0 Å². The normalized spacial score (nSPS) is 13.6. The molecule has 6 heteroatoms. The van der Waals surface area contributed by atoms with Gasteiger partial charge in [-0.25, -0.2) is 0 Å². The molecule has 0 radical (unpaired) electrons. The standard InChI is InChI=1S/C64H94O6/c1-4-7-10-13-16-19-22-25-28-30-32-34-36-39-42-45-48-51-54-57-63(66)69-60-61(59-68-62(65)56-53-50-47-44-41-38-27-24-21-18-15-12-9-6-3)70-64(67)58-55-52-49-46-43-40-37-35-33-31-29-26-23-20-17-14-11-8-5-2/h7-8,10-11,13-14,16-17,19-20,22-23,25-26,28-43,61H,4-6,9,12,15,18,21,24,27,44-60H2,1-3H3/b10-7-,11-8-,16-13-,17-14-,22-19-,23-20-,28-25-,29-26-,32-30+,33-31+,36-34-,37-35-,41-38-,42-39-,43-40-. The quantitative estimate of drug-likeness (QED) is 0.0199. The van der Waals surface area contributed by atoms with Gasteiger partial charge in [-0.05, 0) is 83.5 Å². The number of rotatable bonds is 45. The van der Waals surface area contributed by atoms with Crippen molar-refractivity contribution >= 4 is 17.9 Å². The van der Waals surface area contributed by atoms with Gasteiger partial charge >= 0.3 is 17.9 Å². The van der Waals surface area contributed by atoms with Gasteiger partial charge in [0.15, 0.2) is 6.10 Å². The molecule has 0 amide bonds. The van der Waals surface area contributed by atoms with Crippen molar-refractivity contribution in [3.8, 4) is 0 Å². The summed E-state index contributed by atoms with van der Waals surface area (Å²) in [4.78, 5) is 38.1. The van der Waals surface area contributed by atoms with Gasteiger partial charge in [0.05, 0.1) is 0 Å². The van der Waals surface area contributed by atoms with Crippen LogP contribution in [0.1, 0.15) is 181 Å². The van der Waals surface area contributed by atoms with Crippen LogP contribution in [0.15, 0.2) is 182 Å². The minimum absolute atomic E-state index is 0.130. The Morgan fingerprint density at radius 2 is 0.571 bits per heavy atom. The van der Waals surface area contributed by atoms with E-state index in [0.717, 1.165) is 83.5 Å². The molecule has 70 heavy (non-hydrogen) atoms. The Bertz CT molecular complexity index is 1720. The van der Waals surface area contributed by atoms with Crippen molar-refractivity contribution in [2.45, 2.75) is 187 Å². The van der Waals surface area contributed by atoms with Crippen LogP contribution in [0, 0.1) is 0 Å². The van der Waals surface area contributed by atoms with E-state index in [1.807, 2.05) is 146 Å². The first-order valence-electron chi connectivity index (χ1n) is 27.0. The summed E-state index contributed by atoms with van der Waals surface area (Å²) in [5.41, 5.74) is 0. The largest absolute Gasteiger partial charge is 0.462 e. The fourth-order valence-corrected chi connectivity index (χ4v) is 6.52. The van der Waals surface area contributed by atoms with Crippen molar-refractivity contribution in [1.82, 2.24) is 0 Å². The number of hydrogen-bond acceptors (Lipinski definition) is 6. The first kappa shape index (κ1) is 64.5. The molecule has 6 nitrogen and oxygen atoms in total. The van der Waals surface area contributed by atoms with Gasteiger partial charge in [0.2, 0.25) is 0 Å². The molecule has 0 aliphatic carbocycles. The summed E-state index contributed by atoms with van der Waals surface area (Å²) in [5.74, 6) is -1.05. The topological polar surface area (TPSA) is 78.9 Å². The highest BCUT2D eigenvalue weighted by molar-refractivity contribution is 5.71. The van der Waals surface area contributed by atoms with Crippen molar-refractivity contribution in [2.24, 2.45) is 0 Å². The van der Waals surface area contributed by atoms with E-state index >= 15 is 0 Å². The lowest BCUT2D eigenvalue weighted by Gasteiger charge is -2.18. The maximum absolute atomic E-state index is 12.8. The van der Waals surface area contributed by atoms with Gasteiger partial charge in [-0.15, -0.1) is 0 Å². The van der Waals surface area contributed by atoms with Gasteiger partial charge in [0, 0.05) is 19.3 Å². The van der Waals surface area contributed by atoms with E-state index in [-0.39, 0.29) is 44.0 Å². The molecule has 0 aliphatic heterocycles. The summed E-state index contributed by atoms with van der Waals surface area (Å²) in [5, 5.41) is 0. The summed E-state index contributed by atoms with van der Waals surface area (Å²) in [7, 11) is 0. The zero-order chi connectivity index (χ0) is 50.7. The van der Waals surface area contributed by atoms with Gasteiger partial charge in [0.25, 0.3) is 0 Å². The Kier molecular flexibility index (Phi) is 51.7. The van der Waals surface area contributed by atoms with E-state index in [2.05, 4.69) is 57.2 Å². The molecular weight excluding hydrogens is 865 g/mol. The number of allylic oxidation sites excluding steroid dienone is 30. The Morgan fingerprint density at radius 3 is 0.914 bits per heavy atom. The van der Waals surface area contributed by atoms with Gasteiger partial charge < -0.3 is 14.2 Å². The van der Waals surface area contributed by atoms with E-state index in [9.17, 15) is 14.4 Å². The van der Waals surface area contributed by atoms with Crippen LogP contribution in [-0.4, -0.2) is 37.2 Å². The number of carbonyl (C=O) groups is 3. The molecule has 0 rings (SSSR count). The van der Waals surface area contributed by atoms with E-state index in [4.69, 9.17) is 14.2 Å². The highest BCUT2D eigenvalue weighted by atomic mass is 16.6. The molecule has 0 N–H and O–H groups in total. The predicted molar refractivity (Wildman–Crippen MR) is 301 cm³/mol. The van der Waals surface area contributed by atoms with E-state index < -0.39 is 6.10 Å². The van der Waals surface area contributed by atoms with Gasteiger partial charge in [-0.3, -0.25) is 14.4 Å². The number of carbonyl (C=O) groups excluding carboxylic acids is 3. The number of esters is 3. The summed E-state index contributed by atoms with van der Waals surface area (Å²) in [6.07, 6.45) is 84.3. The van der Waals surface area contributed by atoms with Crippen LogP contribution in [0.5, 0.6) is 0 Å². The first-order chi connectivity index (χ1) is 34.5. The van der Waals surface area contributed by atoms with Crippen molar-refractivity contribution in [3.05, 3.63) is 182 Å². The van der Waals surface area contributed by atoms with E-state index in [1.54, 1.807) is 0 Å². The molecule has 0 heterocycles. The van der Waals surface area contributed by atoms with Crippen LogP contribution in [0.3, 0.4) is 0 Å². The van der Waals surface area contributed by atoms with Crippen molar-refractivity contribution < 1.29 is 28.6 Å². The SMILES string of the molecule is CC\C=C/C=C\C=C/C=C\C=C\C=C/C=C\CCCCCC(=O)OCC(COC(=O)CCCCC/C=C\CCCCCCCCC)OC(=O)CCCCC\C=C/C=C\C=C\C=C/C=C\C=C/C=C\CC. The summed E-state index contributed by atoms with van der Waals surface area (Å²) in [6.45, 7) is 6.22. The molecule has 386 valence electrons. The van der Waals surface area contributed by atoms with E-state index in [0.29, 0.717) is 19.3 Å². The van der Waals surface area contributed by atoms with Crippen LogP contribution < -0.4 is 0 Å². The lowest BCUT2D eigenvalue weighted by atomic mass is 10.1. The Labute approximate surface area is 427 Å². The molecule has 0 aromatic carbocycles. The lowest BCUT2D eigenvalue weighted by molar-refractivity contribution is -0.167. The molecule has 0 fully saturated rings. The molecule has 0 aromatic heterocycles. The summed E-state index contributed by atoms with van der Waals surface area (Å²) < 4.78 is 16.7. The fourth-order valence-electron chi connectivity index (χ4n) is 6.52. The molecule has 1 unspecified atom stereocenters. The summed E-state index contributed by atoms with van der Waals surface area (Å²) in [6, 6.07) is 0. The van der Waals surface area contributed by atoms with Gasteiger partial charge in [-0.1, -0.05) is 261 Å². The predicted octanol–water partition coefficient (Wildman–Crippen LogP) is 18.1. The lowest BCUT2D eigenvalue weighted by Crippen LogP contribution is -2.30. The third-order valence-corrected chi connectivity index (χ3v) is 10.5. The average Bonchev–Trinajstić information content (AvgIpc) is 3.36. The Morgan fingerprint density at radius 1 is 0.300 bits per heavy atom. The Balaban J connectivity index is 4.67. The molecule has 0 saturated heterocycles. The van der Waals surface area contributed by atoms with Crippen LogP contribution in [-0.2, 0) is 28.6 Å². The third kappa shape index (κ3) is 53.5. The second kappa shape index (κ2) is 56.1. The van der Waals surface area contributed by atoms with Gasteiger partial charge in [0.1, 0.15) is 13.2 Å². The van der Waals surface area contributed by atoms with E-state index in [1.165, 1.54) is 44.9 Å². The summed E-state index contributed by atoms with van der Waals surface area (Å²) >= 11 is 0. The number of unbranched alkanes of at least 4 members (excludes halogenated alkanes) is 16. The van der Waals surface area contributed by atoms with Crippen LogP contribution >= 0.6 is 0 Å². The molecule has 0 bridgehead atoms. The Hall–Kier alpha value is -5.49. The van der Waals surface area contributed by atoms with Crippen molar-refractivity contribution in [2.75, 3.05) is 13.2 Å². The minimum Gasteiger partial charge on any atom is -0.462 e. The van der Waals surface area contributed by atoms with Crippen LogP contribution in [0.4, 0.5) is 0 Å². The zero-order valence-corrected chi connectivity index (χ0v) is 43.9. The van der Waals surface area contributed by atoms with Crippen molar-refractivity contribution in [3.63, 3.8) is 0 Å². The number of hydrogen-bond donors (Lipinski definition) is 0. The molecule has 0 saturated carbocycles. The second-order valence-corrected chi connectivity index (χ2v) is 17.0. The maximum Gasteiger partial charge on any atom is 0.306 e. The zero-order valence-electron chi connectivity index (χ0n) is 43.9. The average molecular weight is 959 g/mol. The monoisotopic (exact) mass is 959 g/mol. The van der Waals surface area contributed by atoms with Crippen molar-refractivity contribution in [1.29, 1.82) is 0 Å².